The van der Waals surface area contributed by atoms with Gasteiger partial charge < -0.3 is 10.2 Å². The van der Waals surface area contributed by atoms with Crippen LogP contribution in [0.4, 0.5) is 0 Å². The second-order valence-corrected chi connectivity index (χ2v) is 6.80. The van der Waals surface area contributed by atoms with Gasteiger partial charge in [-0.15, -0.1) is 0 Å². The molecule has 0 aromatic heterocycles. The van der Waals surface area contributed by atoms with Crippen LogP contribution in [0.1, 0.15) is 22.7 Å². The largest absolute Gasteiger partial charge is 0.386 e. The molecule has 3 aromatic rings. The maximum absolute atomic E-state index is 12.3. The molecule has 0 bridgehead atoms. The van der Waals surface area contributed by atoms with E-state index >= 15 is 0 Å². The Balaban J connectivity index is 1.60. The van der Waals surface area contributed by atoms with Gasteiger partial charge in [0.2, 0.25) is 0 Å². The van der Waals surface area contributed by atoms with Gasteiger partial charge >= 0.3 is 0 Å². The second-order valence-electron chi connectivity index (χ2n) is 5.88. The Bertz CT molecular complexity index is 842. The highest BCUT2D eigenvalue weighted by atomic mass is 79.9. The van der Waals surface area contributed by atoms with Crippen molar-refractivity contribution < 1.29 is 9.63 Å². The van der Waals surface area contributed by atoms with Gasteiger partial charge in [-0.1, -0.05) is 93.9 Å². The van der Waals surface area contributed by atoms with Gasteiger partial charge in [0.05, 0.1) is 12.3 Å². The summed E-state index contributed by atoms with van der Waals surface area (Å²) in [6, 6.07) is 27.1. The lowest BCUT2D eigenvalue weighted by atomic mass is 9.99. The first-order chi connectivity index (χ1) is 13.2. The number of carbonyl (C=O) groups is 1. The van der Waals surface area contributed by atoms with Crippen molar-refractivity contribution in [3.63, 3.8) is 0 Å². The Morgan fingerprint density at radius 3 is 2.04 bits per heavy atom. The quantitative estimate of drug-likeness (QED) is 0.442. The molecule has 0 heterocycles. The van der Waals surface area contributed by atoms with Crippen LogP contribution in [-0.4, -0.2) is 18.7 Å². The third-order valence-electron chi connectivity index (χ3n) is 3.91. The molecule has 1 amide bonds. The zero-order valence-corrected chi connectivity index (χ0v) is 16.2. The number of amides is 1. The zero-order chi connectivity index (χ0) is 18.9. The molecule has 3 rings (SSSR count). The monoisotopic (exact) mass is 422 g/mol. The molecular weight excluding hydrogens is 404 g/mol. The predicted octanol–water partition coefficient (Wildman–Crippen LogP) is 4.71. The molecule has 0 atom stereocenters. The molecule has 0 aliphatic carbocycles. The van der Waals surface area contributed by atoms with Crippen LogP contribution in [0.2, 0.25) is 0 Å². The topological polar surface area (TPSA) is 50.7 Å². The van der Waals surface area contributed by atoms with E-state index in [1.54, 1.807) is 6.21 Å². The number of nitrogens with one attached hydrogen (secondary N) is 1. The maximum atomic E-state index is 12.3. The first-order valence-electron chi connectivity index (χ1n) is 8.52. The fourth-order valence-electron chi connectivity index (χ4n) is 2.60. The Morgan fingerprint density at radius 1 is 0.926 bits per heavy atom. The second kappa shape index (κ2) is 9.69. The molecule has 0 unspecified atom stereocenters. The highest BCUT2D eigenvalue weighted by Crippen LogP contribution is 2.21. The highest BCUT2D eigenvalue weighted by molar-refractivity contribution is 9.10. The summed E-state index contributed by atoms with van der Waals surface area (Å²) in [5.41, 5.74) is 2.91. The summed E-state index contributed by atoms with van der Waals surface area (Å²) in [5, 5.41) is 6.87. The van der Waals surface area contributed by atoms with E-state index in [9.17, 15) is 4.79 Å². The van der Waals surface area contributed by atoms with E-state index in [4.69, 9.17) is 4.84 Å². The maximum Gasteiger partial charge on any atom is 0.261 e. The van der Waals surface area contributed by atoms with Gasteiger partial charge in [-0.3, -0.25) is 4.79 Å². The first-order valence-corrected chi connectivity index (χ1v) is 9.32. The number of nitrogens with zero attached hydrogens (tertiary/aromatic N) is 1. The molecule has 0 radical (unpaired) electrons. The fraction of sp³-hybridized carbons (Fsp3) is 0.0909. The lowest BCUT2D eigenvalue weighted by Gasteiger charge is -2.19. The van der Waals surface area contributed by atoms with Crippen molar-refractivity contribution in [1.82, 2.24) is 5.32 Å². The molecule has 1 N–H and O–H groups in total. The molecule has 0 saturated heterocycles. The summed E-state index contributed by atoms with van der Waals surface area (Å²) >= 11 is 3.38. The van der Waals surface area contributed by atoms with Crippen LogP contribution in [-0.2, 0) is 9.63 Å². The summed E-state index contributed by atoms with van der Waals surface area (Å²) in [4.78, 5) is 17.5. The van der Waals surface area contributed by atoms with Crippen molar-refractivity contribution in [2.24, 2.45) is 5.16 Å². The minimum absolute atomic E-state index is 0.150. The SMILES string of the molecule is O=C(CO/N=C/c1ccc(Br)cc1)NC(c1ccccc1)c1ccccc1. The molecule has 136 valence electrons. The molecule has 5 heteroatoms. The molecule has 0 aliphatic rings. The minimum Gasteiger partial charge on any atom is -0.386 e. The third-order valence-corrected chi connectivity index (χ3v) is 4.44. The van der Waals surface area contributed by atoms with Gasteiger partial charge in [-0.05, 0) is 28.8 Å². The highest BCUT2D eigenvalue weighted by Gasteiger charge is 2.16. The number of halogens is 1. The summed E-state index contributed by atoms with van der Waals surface area (Å²) in [5.74, 6) is -0.235. The number of rotatable bonds is 7. The number of oxime groups is 1. The molecule has 0 fully saturated rings. The van der Waals surface area contributed by atoms with Gasteiger partial charge in [0.15, 0.2) is 6.61 Å². The Labute approximate surface area is 167 Å². The number of hydrogen-bond acceptors (Lipinski definition) is 3. The van der Waals surface area contributed by atoms with Crippen LogP contribution >= 0.6 is 15.9 Å². The number of carbonyl (C=O) groups excluding carboxylic acids is 1. The molecule has 0 spiro atoms. The van der Waals surface area contributed by atoms with E-state index in [0.29, 0.717) is 0 Å². The van der Waals surface area contributed by atoms with E-state index in [-0.39, 0.29) is 18.6 Å². The van der Waals surface area contributed by atoms with Crippen LogP contribution in [0, 0.1) is 0 Å². The summed E-state index contributed by atoms with van der Waals surface area (Å²) in [6.45, 7) is -0.150. The molecular formula is C22H19BrN2O2. The molecule has 4 nitrogen and oxygen atoms in total. The smallest absolute Gasteiger partial charge is 0.261 e. The van der Waals surface area contributed by atoms with Gasteiger partial charge in [-0.2, -0.15) is 0 Å². The zero-order valence-electron chi connectivity index (χ0n) is 14.6. The van der Waals surface area contributed by atoms with Crippen molar-refractivity contribution >= 4 is 28.1 Å². The average molecular weight is 423 g/mol. The standard InChI is InChI=1S/C22H19BrN2O2/c23-20-13-11-17(12-14-20)15-24-27-16-21(26)25-22(18-7-3-1-4-8-18)19-9-5-2-6-10-19/h1-15,22H,16H2,(H,25,26)/b24-15+. The molecule has 0 aliphatic heterocycles. The summed E-state index contributed by atoms with van der Waals surface area (Å²) in [7, 11) is 0. The fourth-order valence-corrected chi connectivity index (χ4v) is 2.86. The van der Waals surface area contributed by atoms with Crippen LogP contribution in [0.5, 0.6) is 0 Å². The van der Waals surface area contributed by atoms with Crippen LogP contribution in [0.25, 0.3) is 0 Å². The molecule has 0 saturated carbocycles. The van der Waals surface area contributed by atoms with Crippen LogP contribution in [0.15, 0.2) is 94.6 Å². The van der Waals surface area contributed by atoms with Crippen molar-refractivity contribution in [1.29, 1.82) is 0 Å². The Kier molecular flexibility index (Phi) is 6.77. The van der Waals surface area contributed by atoms with Gasteiger partial charge in [0, 0.05) is 4.47 Å². The number of hydrogen-bond donors (Lipinski definition) is 1. The van der Waals surface area contributed by atoms with E-state index in [1.165, 1.54) is 0 Å². The lowest BCUT2D eigenvalue weighted by Crippen LogP contribution is -2.31. The van der Waals surface area contributed by atoms with Crippen molar-refractivity contribution in [2.45, 2.75) is 6.04 Å². The van der Waals surface area contributed by atoms with Gasteiger partial charge in [-0.25, -0.2) is 0 Å². The first kappa shape index (κ1) is 18.9. The van der Waals surface area contributed by atoms with Crippen LogP contribution < -0.4 is 5.32 Å². The molecule has 27 heavy (non-hydrogen) atoms. The van der Waals surface area contributed by atoms with Gasteiger partial charge in [0.1, 0.15) is 0 Å². The van der Waals surface area contributed by atoms with E-state index < -0.39 is 0 Å². The van der Waals surface area contributed by atoms with Crippen molar-refractivity contribution in [2.75, 3.05) is 6.61 Å². The normalized spacial score (nSPS) is 10.9. The number of benzene rings is 3. The predicted molar refractivity (Wildman–Crippen MR) is 111 cm³/mol. The Hall–Kier alpha value is -2.92. The van der Waals surface area contributed by atoms with E-state index in [1.807, 2.05) is 84.9 Å². The summed E-state index contributed by atoms with van der Waals surface area (Å²) < 4.78 is 0.993. The summed E-state index contributed by atoms with van der Waals surface area (Å²) in [6.07, 6.45) is 1.57. The van der Waals surface area contributed by atoms with Crippen molar-refractivity contribution in [3.8, 4) is 0 Å². The third kappa shape index (κ3) is 5.79. The minimum atomic E-state index is -0.237. The van der Waals surface area contributed by atoms with E-state index in [0.717, 1.165) is 21.2 Å². The lowest BCUT2D eigenvalue weighted by molar-refractivity contribution is -0.126. The average Bonchev–Trinajstić information content (AvgIpc) is 2.72. The molecule has 3 aromatic carbocycles. The Morgan fingerprint density at radius 2 is 1.48 bits per heavy atom. The van der Waals surface area contributed by atoms with E-state index in [2.05, 4.69) is 26.4 Å². The van der Waals surface area contributed by atoms with Crippen molar-refractivity contribution in [3.05, 3.63) is 106 Å². The van der Waals surface area contributed by atoms with Gasteiger partial charge in [0.25, 0.3) is 5.91 Å². The van der Waals surface area contributed by atoms with Crippen LogP contribution in [0.3, 0.4) is 0 Å².